The highest BCUT2D eigenvalue weighted by atomic mass is 16.5. The Hall–Kier alpha value is -3.07. The first-order valence-corrected chi connectivity index (χ1v) is 8.36. The van der Waals surface area contributed by atoms with E-state index in [0.717, 1.165) is 16.8 Å². The Labute approximate surface area is 147 Å². The molecule has 3 aromatic rings. The molecule has 1 aliphatic rings. The molecular formula is C22H19NO2. The minimum absolute atomic E-state index is 0.0863. The smallest absolute Gasteiger partial charge is 0.338 e. The molecule has 124 valence electrons. The molecule has 3 heteroatoms. The lowest BCUT2D eigenvalue weighted by Gasteiger charge is -2.27. The van der Waals surface area contributed by atoms with Gasteiger partial charge in [0.05, 0.1) is 18.7 Å². The van der Waals surface area contributed by atoms with Gasteiger partial charge in [0.2, 0.25) is 0 Å². The molecule has 0 N–H and O–H groups in total. The normalized spacial score (nSPS) is 15.7. The third-order valence-electron chi connectivity index (χ3n) is 4.76. The number of ether oxygens (including phenoxy) is 1. The molecule has 0 fully saturated rings. The van der Waals surface area contributed by atoms with E-state index in [0.29, 0.717) is 12.1 Å². The van der Waals surface area contributed by atoms with E-state index in [1.54, 1.807) is 0 Å². The highest BCUT2D eigenvalue weighted by Crippen LogP contribution is 2.42. The number of esters is 1. The van der Waals surface area contributed by atoms with Crippen LogP contribution in [0.1, 0.15) is 33.1 Å². The van der Waals surface area contributed by atoms with Crippen molar-refractivity contribution >= 4 is 11.7 Å². The molecule has 3 nitrogen and oxygen atoms in total. The average Bonchev–Trinajstić information content (AvgIpc) is 3.08. The van der Waals surface area contributed by atoms with Gasteiger partial charge in [-0.1, -0.05) is 60.7 Å². The van der Waals surface area contributed by atoms with Crippen LogP contribution in [-0.4, -0.2) is 13.1 Å². The number of carbonyl (C=O) groups is 1. The van der Waals surface area contributed by atoms with E-state index in [4.69, 9.17) is 4.74 Å². The fourth-order valence-electron chi connectivity index (χ4n) is 3.62. The van der Waals surface area contributed by atoms with Crippen molar-refractivity contribution in [3.05, 3.63) is 101 Å². The summed E-state index contributed by atoms with van der Waals surface area (Å²) in [6.07, 6.45) is 0. The quantitative estimate of drug-likeness (QED) is 0.659. The van der Waals surface area contributed by atoms with Crippen molar-refractivity contribution in [2.24, 2.45) is 0 Å². The van der Waals surface area contributed by atoms with E-state index in [2.05, 4.69) is 47.4 Å². The van der Waals surface area contributed by atoms with Crippen molar-refractivity contribution in [1.29, 1.82) is 0 Å². The molecule has 0 amide bonds. The van der Waals surface area contributed by atoms with Gasteiger partial charge in [-0.05, 0) is 34.9 Å². The molecule has 4 rings (SSSR count). The molecule has 1 atom stereocenters. The van der Waals surface area contributed by atoms with Crippen molar-refractivity contribution in [3.63, 3.8) is 0 Å². The van der Waals surface area contributed by atoms with Crippen LogP contribution >= 0.6 is 0 Å². The van der Waals surface area contributed by atoms with Crippen molar-refractivity contribution < 1.29 is 9.53 Å². The fraction of sp³-hybridized carbons (Fsp3) is 0.136. The summed E-state index contributed by atoms with van der Waals surface area (Å²) < 4.78 is 4.99. The number of hydrogen-bond acceptors (Lipinski definition) is 3. The number of fused-ring (bicyclic) bond motifs is 1. The van der Waals surface area contributed by atoms with Crippen LogP contribution in [0.2, 0.25) is 0 Å². The Morgan fingerprint density at radius 2 is 1.60 bits per heavy atom. The fourth-order valence-corrected chi connectivity index (χ4v) is 3.62. The monoisotopic (exact) mass is 329 g/mol. The Balaban J connectivity index is 1.88. The maximum Gasteiger partial charge on any atom is 0.338 e. The molecular weight excluding hydrogens is 310 g/mol. The van der Waals surface area contributed by atoms with E-state index in [1.807, 2.05) is 36.4 Å². The maximum atomic E-state index is 12.2. The molecule has 0 saturated carbocycles. The zero-order valence-corrected chi connectivity index (χ0v) is 14.1. The number of benzene rings is 3. The standard InChI is InChI=1S/C22H19NO2/c1-25-22(24)19-14-8-13-18-20(19)15-23(17-11-6-3-7-12-17)21(18)16-9-4-2-5-10-16/h2-14,21H,15H2,1H3. The van der Waals surface area contributed by atoms with Gasteiger partial charge >= 0.3 is 5.97 Å². The molecule has 3 aromatic carbocycles. The van der Waals surface area contributed by atoms with E-state index in [-0.39, 0.29) is 12.0 Å². The Morgan fingerprint density at radius 1 is 0.920 bits per heavy atom. The summed E-state index contributed by atoms with van der Waals surface area (Å²) in [6.45, 7) is 0.685. The molecule has 0 aliphatic carbocycles. The van der Waals surface area contributed by atoms with Crippen molar-refractivity contribution in [3.8, 4) is 0 Å². The summed E-state index contributed by atoms with van der Waals surface area (Å²) in [7, 11) is 1.43. The first-order valence-electron chi connectivity index (χ1n) is 8.36. The summed E-state index contributed by atoms with van der Waals surface area (Å²) in [5.41, 5.74) is 5.22. The van der Waals surface area contributed by atoms with Gasteiger partial charge < -0.3 is 9.64 Å². The van der Waals surface area contributed by atoms with Gasteiger partial charge in [-0.2, -0.15) is 0 Å². The second-order valence-electron chi connectivity index (χ2n) is 6.14. The minimum atomic E-state index is -0.279. The lowest BCUT2D eigenvalue weighted by Crippen LogP contribution is -2.22. The van der Waals surface area contributed by atoms with E-state index >= 15 is 0 Å². The molecule has 0 bridgehead atoms. The third kappa shape index (κ3) is 2.68. The molecule has 1 heterocycles. The van der Waals surface area contributed by atoms with E-state index in [9.17, 15) is 4.79 Å². The summed E-state index contributed by atoms with van der Waals surface area (Å²) in [5, 5.41) is 0. The first kappa shape index (κ1) is 15.5. The number of rotatable bonds is 3. The molecule has 0 radical (unpaired) electrons. The number of para-hydroxylation sites is 1. The highest BCUT2D eigenvalue weighted by molar-refractivity contribution is 5.92. The van der Waals surface area contributed by atoms with Crippen LogP contribution in [0.15, 0.2) is 78.9 Å². The Kier molecular flexibility index (Phi) is 3.98. The Morgan fingerprint density at radius 3 is 2.28 bits per heavy atom. The Bertz CT molecular complexity index is 890. The van der Waals surface area contributed by atoms with Gasteiger partial charge in [-0.25, -0.2) is 4.79 Å². The topological polar surface area (TPSA) is 29.5 Å². The number of carbonyl (C=O) groups excluding carboxylic acids is 1. The molecule has 1 aliphatic heterocycles. The van der Waals surface area contributed by atoms with E-state index < -0.39 is 0 Å². The number of hydrogen-bond donors (Lipinski definition) is 0. The molecule has 0 aromatic heterocycles. The van der Waals surface area contributed by atoms with Crippen LogP contribution in [-0.2, 0) is 11.3 Å². The average molecular weight is 329 g/mol. The van der Waals surface area contributed by atoms with Gasteiger partial charge in [0.1, 0.15) is 0 Å². The lowest BCUT2D eigenvalue weighted by molar-refractivity contribution is 0.0599. The predicted molar refractivity (Wildman–Crippen MR) is 98.7 cm³/mol. The number of anilines is 1. The van der Waals surface area contributed by atoms with Crippen molar-refractivity contribution in [1.82, 2.24) is 0 Å². The van der Waals surface area contributed by atoms with Gasteiger partial charge in [0, 0.05) is 12.2 Å². The summed E-state index contributed by atoms with van der Waals surface area (Å²) in [6, 6.07) is 26.7. The van der Waals surface area contributed by atoms with Crippen LogP contribution in [0.5, 0.6) is 0 Å². The maximum absolute atomic E-state index is 12.2. The molecule has 1 unspecified atom stereocenters. The highest BCUT2D eigenvalue weighted by Gasteiger charge is 2.34. The third-order valence-corrected chi connectivity index (χ3v) is 4.76. The lowest BCUT2D eigenvalue weighted by atomic mass is 9.95. The van der Waals surface area contributed by atoms with Crippen LogP contribution in [0.4, 0.5) is 5.69 Å². The van der Waals surface area contributed by atoms with Crippen molar-refractivity contribution in [2.75, 3.05) is 12.0 Å². The zero-order chi connectivity index (χ0) is 17.2. The van der Waals surface area contributed by atoms with Gasteiger partial charge in [-0.15, -0.1) is 0 Å². The summed E-state index contributed by atoms with van der Waals surface area (Å²) in [4.78, 5) is 14.6. The number of methoxy groups -OCH3 is 1. The zero-order valence-electron chi connectivity index (χ0n) is 14.1. The summed E-state index contributed by atoms with van der Waals surface area (Å²) in [5.74, 6) is -0.279. The summed E-state index contributed by atoms with van der Waals surface area (Å²) >= 11 is 0. The van der Waals surface area contributed by atoms with Crippen LogP contribution in [0.3, 0.4) is 0 Å². The van der Waals surface area contributed by atoms with E-state index in [1.165, 1.54) is 12.7 Å². The SMILES string of the molecule is COC(=O)c1cccc2c1CN(c1ccccc1)C2c1ccccc1. The molecule has 0 saturated heterocycles. The van der Waals surface area contributed by atoms with Gasteiger partial charge in [0.15, 0.2) is 0 Å². The first-order chi connectivity index (χ1) is 12.3. The molecule has 0 spiro atoms. The predicted octanol–water partition coefficient (Wildman–Crippen LogP) is 4.58. The number of nitrogens with zero attached hydrogens (tertiary/aromatic N) is 1. The van der Waals surface area contributed by atoms with Crippen molar-refractivity contribution in [2.45, 2.75) is 12.6 Å². The molecule has 25 heavy (non-hydrogen) atoms. The van der Waals surface area contributed by atoms with Crippen LogP contribution < -0.4 is 4.90 Å². The minimum Gasteiger partial charge on any atom is -0.465 e. The second-order valence-corrected chi connectivity index (χ2v) is 6.14. The van der Waals surface area contributed by atoms with Gasteiger partial charge in [-0.3, -0.25) is 0 Å². The van der Waals surface area contributed by atoms with Crippen LogP contribution in [0.25, 0.3) is 0 Å². The van der Waals surface area contributed by atoms with Gasteiger partial charge in [0.25, 0.3) is 0 Å². The largest absolute Gasteiger partial charge is 0.465 e. The van der Waals surface area contributed by atoms with Crippen LogP contribution in [0, 0.1) is 0 Å². The second kappa shape index (κ2) is 6.44.